The van der Waals surface area contributed by atoms with Crippen LogP contribution in [0.4, 0.5) is 10.5 Å². The van der Waals surface area contributed by atoms with Gasteiger partial charge in [-0.05, 0) is 30.5 Å². The Morgan fingerprint density at radius 3 is 2.77 bits per heavy atom. The highest BCUT2D eigenvalue weighted by Crippen LogP contribution is 2.11. The van der Waals surface area contributed by atoms with Crippen molar-refractivity contribution < 1.29 is 4.79 Å². The highest BCUT2D eigenvalue weighted by molar-refractivity contribution is 5.89. The molecule has 0 aliphatic carbocycles. The Balaban J connectivity index is 1.87. The van der Waals surface area contributed by atoms with Crippen LogP contribution in [0.5, 0.6) is 0 Å². The molecule has 0 saturated carbocycles. The molecule has 0 aliphatic heterocycles. The van der Waals surface area contributed by atoms with Gasteiger partial charge >= 0.3 is 6.03 Å². The molecule has 22 heavy (non-hydrogen) atoms. The van der Waals surface area contributed by atoms with Crippen LogP contribution in [-0.2, 0) is 6.54 Å². The molecular formula is C17H22N4O. The summed E-state index contributed by atoms with van der Waals surface area (Å²) in [7, 11) is 0. The second kappa shape index (κ2) is 8.02. The third-order valence-electron chi connectivity index (χ3n) is 3.42. The van der Waals surface area contributed by atoms with Crippen molar-refractivity contribution in [1.82, 2.24) is 14.9 Å². The quantitative estimate of drug-likeness (QED) is 0.770. The molecule has 1 atom stereocenters. The van der Waals surface area contributed by atoms with Crippen LogP contribution < -0.4 is 10.6 Å². The van der Waals surface area contributed by atoms with Crippen molar-refractivity contribution in [3.05, 3.63) is 61.2 Å². The number of carbonyl (C=O) groups excluding carboxylic acids is 1. The monoisotopic (exact) mass is 298 g/mol. The van der Waals surface area contributed by atoms with Crippen LogP contribution >= 0.6 is 0 Å². The van der Waals surface area contributed by atoms with Gasteiger partial charge in [-0.1, -0.05) is 25.1 Å². The van der Waals surface area contributed by atoms with E-state index in [-0.39, 0.29) is 12.1 Å². The third kappa shape index (κ3) is 4.77. The number of amides is 2. The van der Waals surface area contributed by atoms with Crippen molar-refractivity contribution >= 4 is 11.7 Å². The van der Waals surface area contributed by atoms with E-state index in [0.29, 0.717) is 0 Å². The summed E-state index contributed by atoms with van der Waals surface area (Å²) in [5.41, 5.74) is 1.93. The van der Waals surface area contributed by atoms with Gasteiger partial charge < -0.3 is 15.2 Å². The van der Waals surface area contributed by atoms with Gasteiger partial charge in [0.15, 0.2) is 0 Å². The van der Waals surface area contributed by atoms with Crippen molar-refractivity contribution in [2.24, 2.45) is 0 Å². The van der Waals surface area contributed by atoms with Gasteiger partial charge in [-0.2, -0.15) is 0 Å². The Labute approximate surface area is 131 Å². The molecule has 0 aliphatic rings. The number of benzene rings is 1. The van der Waals surface area contributed by atoms with Crippen molar-refractivity contribution in [2.45, 2.75) is 32.4 Å². The Hall–Kier alpha value is -2.56. The summed E-state index contributed by atoms with van der Waals surface area (Å²) in [5, 5.41) is 5.78. The van der Waals surface area contributed by atoms with Crippen LogP contribution in [-0.4, -0.2) is 21.6 Å². The normalized spacial score (nSPS) is 11.7. The zero-order chi connectivity index (χ0) is 15.8. The van der Waals surface area contributed by atoms with Crippen LogP contribution in [0.3, 0.4) is 0 Å². The molecule has 0 fully saturated rings. The Bertz CT molecular complexity index is 590. The molecule has 2 N–H and O–H groups in total. The van der Waals surface area contributed by atoms with Gasteiger partial charge in [0.2, 0.25) is 0 Å². The lowest BCUT2D eigenvalue weighted by Gasteiger charge is -2.15. The first-order chi connectivity index (χ1) is 10.7. The first-order valence-electron chi connectivity index (χ1n) is 7.44. The van der Waals surface area contributed by atoms with E-state index in [0.717, 1.165) is 30.6 Å². The van der Waals surface area contributed by atoms with E-state index in [4.69, 9.17) is 0 Å². The maximum Gasteiger partial charge on any atom is 0.319 e. The topological polar surface area (TPSA) is 59.0 Å². The fourth-order valence-electron chi connectivity index (χ4n) is 2.17. The summed E-state index contributed by atoms with van der Waals surface area (Å²) < 4.78 is 2.00. The number of urea groups is 1. The fourth-order valence-corrected chi connectivity index (χ4v) is 2.17. The Morgan fingerprint density at radius 1 is 1.41 bits per heavy atom. The largest absolute Gasteiger partial charge is 0.335 e. The van der Waals surface area contributed by atoms with Crippen LogP contribution in [0.15, 0.2) is 55.6 Å². The molecule has 0 saturated heterocycles. The Morgan fingerprint density at radius 2 is 2.18 bits per heavy atom. The van der Waals surface area contributed by atoms with Gasteiger partial charge in [-0.15, -0.1) is 6.58 Å². The van der Waals surface area contributed by atoms with E-state index in [1.54, 1.807) is 12.5 Å². The zero-order valence-electron chi connectivity index (χ0n) is 12.8. The van der Waals surface area contributed by atoms with Crippen molar-refractivity contribution in [3.8, 4) is 0 Å². The second-order valence-electron chi connectivity index (χ2n) is 5.16. The number of aromatic nitrogens is 2. The van der Waals surface area contributed by atoms with Crippen molar-refractivity contribution in [3.63, 3.8) is 0 Å². The van der Waals surface area contributed by atoms with Crippen LogP contribution in [0.25, 0.3) is 0 Å². The van der Waals surface area contributed by atoms with Crippen LogP contribution in [0.1, 0.15) is 25.3 Å². The minimum atomic E-state index is -0.184. The van der Waals surface area contributed by atoms with Gasteiger partial charge in [0.05, 0.1) is 6.33 Å². The number of nitrogens with one attached hydrogen (secondary N) is 2. The number of imidazole rings is 1. The molecular weight excluding hydrogens is 276 g/mol. The third-order valence-corrected chi connectivity index (χ3v) is 3.42. The molecule has 5 nitrogen and oxygen atoms in total. The second-order valence-corrected chi connectivity index (χ2v) is 5.16. The first-order valence-corrected chi connectivity index (χ1v) is 7.44. The molecule has 2 amide bonds. The maximum absolute atomic E-state index is 11.9. The molecule has 116 valence electrons. The van der Waals surface area contributed by atoms with E-state index in [9.17, 15) is 4.79 Å². The van der Waals surface area contributed by atoms with Gasteiger partial charge in [0.1, 0.15) is 0 Å². The fraction of sp³-hybridized carbons (Fsp3) is 0.294. The average molecular weight is 298 g/mol. The number of hydrogen-bond donors (Lipinski definition) is 2. The molecule has 1 aromatic carbocycles. The molecule has 0 spiro atoms. The van der Waals surface area contributed by atoms with Crippen molar-refractivity contribution in [1.29, 1.82) is 0 Å². The highest BCUT2D eigenvalue weighted by atomic mass is 16.2. The number of nitrogens with zero attached hydrogens (tertiary/aromatic N) is 2. The maximum atomic E-state index is 11.9. The van der Waals surface area contributed by atoms with E-state index in [1.807, 2.05) is 48.0 Å². The Kier molecular flexibility index (Phi) is 5.77. The molecule has 0 radical (unpaired) electrons. The molecule has 1 heterocycles. The zero-order valence-corrected chi connectivity index (χ0v) is 12.8. The van der Waals surface area contributed by atoms with Gasteiger partial charge in [-0.3, -0.25) is 0 Å². The number of rotatable bonds is 7. The van der Waals surface area contributed by atoms with Crippen molar-refractivity contribution in [2.75, 3.05) is 5.32 Å². The average Bonchev–Trinajstić information content (AvgIpc) is 3.01. The van der Waals surface area contributed by atoms with Gasteiger partial charge in [0, 0.05) is 30.7 Å². The standard InChI is InChI=1S/C17H22N4O/c1-3-5-15(4-2)19-17(22)20-16-8-6-14(7-9-16)12-21-11-10-18-13-21/h3,6-11,13,15H,1,4-5,12H2,2H3,(H2,19,20,22)/t15-/m1/s1. The summed E-state index contributed by atoms with van der Waals surface area (Å²) in [5.74, 6) is 0. The summed E-state index contributed by atoms with van der Waals surface area (Å²) in [6.45, 7) is 6.51. The lowest BCUT2D eigenvalue weighted by molar-refractivity contribution is 0.248. The SMILES string of the molecule is C=CC[C@@H](CC)NC(=O)Nc1ccc(Cn2ccnc2)cc1. The van der Waals surface area contributed by atoms with E-state index >= 15 is 0 Å². The lowest BCUT2D eigenvalue weighted by atomic mass is 10.1. The number of anilines is 1. The van der Waals surface area contributed by atoms with Crippen LogP contribution in [0.2, 0.25) is 0 Å². The molecule has 2 rings (SSSR count). The highest BCUT2D eigenvalue weighted by Gasteiger charge is 2.08. The molecule has 0 bridgehead atoms. The minimum Gasteiger partial charge on any atom is -0.335 e. The molecule has 2 aromatic rings. The molecule has 5 heteroatoms. The smallest absolute Gasteiger partial charge is 0.319 e. The van der Waals surface area contributed by atoms with Gasteiger partial charge in [-0.25, -0.2) is 9.78 Å². The van der Waals surface area contributed by atoms with E-state index in [2.05, 4.69) is 22.2 Å². The summed E-state index contributed by atoms with van der Waals surface area (Å²) in [6.07, 6.45) is 8.93. The summed E-state index contributed by atoms with van der Waals surface area (Å²) >= 11 is 0. The summed E-state index contributed by atoms with van der Waals surface area (Å²) in [4.78, 5) is 15.9. The molecule has 0 unspecified atom stereocenters. The summed E-state index contributed by atoms with van der Waals surface area (Å²) in [6, 6.07) is 7.74. The van der Waals surface area contributed by atoms with E-state index < -0.39 is 0 Å². The lowest BCUT2D eigenvalue weighted by Crippen LogP contribution is -2.37. The minimum absolute atomic E-state index is 0.123. The van der Waals surface area contributed by atoms with Gasteiger partial charge in [0.25, 0.3) is 0 Å². The number of hydrogen-bond acceptors (Lipinski definition) is 2. The first kappa shape index (κ1) is 15.8. The van der Waals surface area contributed by atoms with E-state index in [1.165, 1.54) is 0 Å². The predicted molar refractivity (Wildman–Crippen MR) is 88.8 cm³/mol. The number of carbonyl (C=O) groups is 1. The predicted octanol–water partition coefficient (Wildman–Crippen LogP) is 3.41. The molecule has 1 aromatic heterocycles. The van der Waals surface area contributed by atoms with Crippen LogP contribution in [0, 0.1) is 0 Å².